The summed E-state index contributed by atoms with van der Waals surface area (Å²) in [6, 6.07) is 2.70. The lowest BCUT2D eigenvalue weighted by Gasteiger charge is -2.00. The van der Waals surface area contributed by atoms with Crippen molar-refractivity contribution in [2.24, 2.45) is 10.2 Å². The minimum Gasteiger partial charge on any atom is -0.506 e. The maximum absolute atomic E-state index is 9.44. The highest BCUT2D eigenvalue weighted by atomic mass is 35.5. The molecule has 0 spiro atoms. The molecule has 108 valence electrons. The molecular formula is C13H5Cl2N5OS. The van der Waals surface area contributed by atoms with Gasteiger partial charge in [-0.15, -0.1) is 10.2 Å². The molecule has 0 aliphatic carbocycles. The number of nitrogens with zero attached hydrogens (tertiary/aromatic N) is 5. The predicted molar refractivity (Wildman–Crippen MR) is 86.0 cm³/mol. The molecule has 22 heavy (non-hydrogen) atoms. The van der Waals surface area contributed by atoms with E-state index in [9.17, 15) is 5.11 Å². The number of hydrogen-bond donors (Lipinski definition) is 1. The normalized spacial score (nSPS) is 11.1. The van der Waals surface area contributed by atoms with Crippen molar-refractivity contribution in [1.29, 1.82) is 0 Å². The lowest BCUT2D eigenvalue weighted by atomic mass is 10.3. The molecule has 0 unspecified atom stereocenters. The van der Waals surface area contributed by atoms with Crippen LogP contribution in [0.25, 0.3) is 15.7 Å². The third-order valence-corrected chi connectivity index (χ3v) is 4.09. The van der Waals surface area contributed by atoms with Crippen molar-refractivity contribution in [2.75, 3.05) is 0 Å². The van der Waals surface area contributed by atoms with Crippen LogP contribution in [0.3, 0.4) is 0 Å². The van der Waals surface area contributed by atoms with Gasteiger partial charge in [0, 0.05) is 23.8 Å². The second kappa shape index (κ2) is 5.85. The van der Waals surface area contributed by atoms with Crippen LogP contribution >= 0.6 is 34.7 Å². The van der Waals surface area contributed by atoms with Gasteiger partial charge in [0.05, 0.1) is 22.1 Å². The van der Waals surface area contributed by atoms with Crippen molar-refractivity contribution in [3.63, 3.8) is 0 Å². The fourth-order valence-corrected chi connectivity index (χ4v) is 2.74. The number of aromatic hydroxyl groups is 1. The summed E-state index contributed by atoms with van der Waals surface area (Å²) in [5.41, 5.74) is 1.22. The molecule has 0 bridgehead atoms. The number of halogens is 2. The standard InChI is InChI=1S/C13H5Cl2N5OS/c1-16-10-5-17-4-6-12(10)20-22-13(6)19-18-9-2-8(15)11(21)3-7(9)14/h2-5,21H. The number of phenols is 1. The van der Waals surface area contributed by atoms with Gasteiger partial charge >= 0.3 is 0 Å². The Hall–Kier alpha value is -2.27. The summed E-state index contributed by atoms with van der Waals surface area (Å²) < 4.78 is 4.19. The zero-order chi connectivity index (χ0) is 15.7. The third kappa shape index (κ3) is 2.60. The van der Waals surface area contributed by atoms with Gasteiger partial charge in [0.25, 0.3) is 0 Å². The molecule has 1 N–H and O–H groups in total. The Bertz CT molecular complexity index is 947. The molecule has 3 aromatic rings. The van der Waals surface area contributed by atoms with E-state index in [4.69, 9.17) is 29.8 Å². The Morgan fingerprint density at radius 3 is 2.77 bits per heavy atom. The molecule has 0 radical (unpaired) electrons. The quantitative estimate of drug-likeness (QED) is 0.478. The second-order valence-electron chi connectivity index (χ2n) is 4.11. The molecule has 0 fully saturated rings. The Morgan fingerprint density at radius 1 is 1.18 bits per heavy atom. The van der Waals surface area contributed by atoms with Gasteiger partial charge in [-0.1, -0.05) is 23.2 Å². The summed E-state index contributed by atoms with van der Waals surface area (Å²) in [5, 5.41) is 19.0. The Labute approximate surface area is 138 Å². The summed E-state index contributed by atoms with van der Waals surface area (Å²) >= 11 is 12.9. The van der Waals surface area contributed by atoms with Crippen molar-refractivity contribution in [2.45, 2.75) is 0 Å². The fourth-order valence-electron chi connectivity index (χ4n) is 1.69. The van der Waals surface area contributed by atoms with Gasteiger partial charge in [0.2, 0.25) is 5.69 Å². The molecule has 9 heteroatoms. The van der Waals surface area contributed by atoms with E-state index in [0.717, 1.165) is 11.5 Å². The van der Waals surface area contributed by atoms with Crippen molar-refractivity contribution < 1.29 is 5.11 Å². The summed E-state index contributed by atoms with van der Waals surface area (Å²) in [5.74, 6) is -0.125. The maximum atomic E-state index is 9.44. The van der Waals surface area contributed by atoms with Crippen molar-refractivity contribution in [1.82, 2.24) is 9.36 Å². The van der Waals surface area contributed by atoms with Gasteiger partial charge in [-0.2, -0.15) is 0 Å². The van der Waals surface area contributed by atoms with Crippen LogP contribution in [-0.4, -0.2) is 14.5 Å². The summed E-state index contributed by atoms with van der Waals surface area (Å²) in [4.78, 5) is 7.34. The number of pyridine rings is 1. The SMILES string of the molecule is [C-]#[N+]c1cncc2c(N=Nc3cc(Cl)c(O)cc3Cl)snc12. The van der Waals surface area contributed by atoms with Crippen LogP contribution in [0.1, 0.15) is 0 Å². The fraction of sp³-hybridized carbons (Fsp3) is 0. The molecule has 0 atom stereocenters. The molecule has 0 aliphatic rings. The molecule has 0 amide bonds. The smallest absolute Gasteiger partial charge is 0.231 e. The summed E-state index contributed by atoms with van der Waals surface area (Å²) in [6.45, 7) is 7.08. The van der Waals surface area contributed by atoms with E-state index in [1.54, 1.807) is 6.20 Å². The van der Waals surface area contributed by atoms with Gasteiger partial charge in [-0.05, 0) is 17.6 Å². The van der Waals surface area contributed by atoms with E-state index >= 15 is 0 Å². The number of benzene rings is 1. The maximum Gasteiger partial charge on any atom is 0.231 e. The van der Waals surface area contributed by atoms with Crippen LogP contribution in [-0.2, 0) is 0 Å². The Morgan fingerprint density at radius 2 is 2.00 bits per heavy atom. The zero-order valence-electron chi connectivity index (χ0n) is 10.7. The molecule has 0 saturated heterocycles. The van der Waals surface area contributed by atoms with Gasteiger partial charge in [-0.3, -0.25) is 4.98 Å². The average Bonchev–Trinajstić information content (AvgIpc) is 2.93. The first-order chi connectivity index (χ1) is 10.6. The number of aromatic nitrogens is 2. The minimum absolute atomic E-state index is 0.125. The topological polar surface area (TPSA) is 75.1 Å². The third-order valence-electron chi connectivity index (χ3n) is 2.74. The number of phenolic OH excluding ortho intramolecular Hbond substituents is 1. The lowest BCUT2D eigenvalue weighted by molar-refractivity contribution is 0.475. The zero-order valence-corrected chi connectivity index (χ0v) is 13.0. The second-order valence-corrected chi connectivity index (χ2v) is 5.68. The van der Waals surface area contributed by atoms with Crippen LogP contribution in [0.15, 0.2) is 34.8 Å². The van der Waals surface area contributed by atoms with Gasteiger partial charge in [0.1, 0.15) is 11.4 Å². The molecule has 2 heterocycles. The Balaban J connectivity index is 2.04. The monoisotopic (exact) mass is 349 g/mol. The van der Waals surface area contributed by atoms with Crippen LogP contribution in [0, 0.1) is 6.57 Å². The first kappa shape index (κ1) is 14.7. The van der Waals surface area contributed by atoms with Crippen LogP contribution in [0.2, 0.25) is 10.0 Å². The first-order valence-electron chi connectivity index (χ1n) is 5.80. The molecule has 3 rings (SSSR count). The number of azo groups is 1. The van der Waals surface area contributed by atoms with Crippen molar-refractivity contribution >= 4 is 62.0 Å². The van der Waals surface area contributed by atoms with Gasteiger partial charge < -0.3 is 5.11 Å². The number of hydrogen-bond acceptors (Lipinski definition) is 6. The summed E-state index contributed by atoms with van der Waals surface area (Å²) in [7, 11) is 0. The van der Waals surface area contributed by atoms with Crippen molar-refractivity contribution in [3.8, 4) is 5.75 Å². The average molecular weight is 350 g/mol. The molecule has 0 aliphatic heterocycles. The van der Waals surface area contributed by atoms with E-state index in [0.29, 0.717) is 27.3 Å². The molecule has 6 nitrogen and oxygen atoms in total. The highest BCUT2D eigenvalue weighted by Gasteiger charge is 2.11. The van der Waals surface area contributed by atoms with Crippen LogP contribution in [0.4, 0.5) is 16.4 Å². The highest BCUT2D eigenvalue weighted by molar-refractivity contribution is 7.11. The largest absolute Gasteiger partial charge is 0.506 e. The first-order valence-corrected chi connectivity index (χ1v) is 7.33. The van der Waals surface area contributed by atoms with E-state index < -0.39 is 0 Å². The predicted octanol–water partition coefficient (Wildman–Crippen LogP) is 5.67. The van der Waals surface area contributed by atoms with E-state index in [-0.39, 0.29) is 15.8 Å². The lowest BCUT2D eigenvalue weighted by Crippen LogP contribution is -1.73. The van der Waals surface area contributed by atoms with E-state index in [1.807, 2.05) is 0 Å². The van der Waals surface area contributed by atoms with Gasteiger partial charge in [-0.25, -0.2) is 9.22 Å². The number of rotatable bonds is 2. The highest BCUT2D eigenvalue weighted by Crippen LogP contribution is 2.38. The van der Waals surface area contributed by atoms with E-state index in [2.05, 4.69) is 24.4 Å². The van der Waals surface area contributed by atoms with Gasteiger partial charge in [0.15, 0.2) is 5.00 Å². The Kier molecular flexibility index (Phi) is 3.90. The minimum atomic E-state index is -0.125. The van der Waals surface area contributed by atoms with E-state index in [1.165, 1.54) is 18.3 Å². The van der Waals surface area contributed by atoms with Crippen molar-refractivity contribution in [3.05, 3.63) is 46.0 Å². The molecule has 0 saturated carbocycles. The molecule has 1 aromatic carbocycles. The van der Waals surface area contributed by atoms with Crippen LogP contribution < -0.4 is 0 Å². The van der Waals surface area contributed by atoms with Crippen LogP contribution in [0.5, 0.6) is 5.75 Å². The molecule has 2 aromatic heterocycles. The summed E-state index contributed by atoms with van der Waals surface area (Å²) in [6.07, 6.45) is 3.03. The molecular weight excluding hydrogens is 345 g/mol. The number of fused-ring (bicyclic) bond motifs is 1.